The van der Waals surface area contributed by atoms with Crippen molar-refractivity contribution in [2.45, 2.75) is 45.2 Å². The van der Waals surface area contributed by atoms with E-state index in [9.17, 15) is 4.79 Å². The molecule has 0 aliphatic heterocycles. The van der Waals surface area contributed by atoms with E-state index in [1.165, 1.54) is 0 Å². The summed E-state index contributed by atoms with van der Waals surface area (Å²) in [5, 5.41) is 3.70. The highest BCUT2D eigenvalue weighted by molar-refractivity contribution is 7.09. The van der Waals surface area contributed by atoms with E-state index in [0.717, 1.165) is 34.1 Å². The van der Waals surface area contributed by atoms with Crippen LogP contribution in [0.3, 0.4) is 0 Å². The SMILES string of the molecule is Cc1nc(CC(=O)N(C2CC2)C(C)c2ccc(Cl)cc2)cs1. The van der Waals surface area contributed by atoms with E-state index in [1.807, 2.05) is 41.5 Å². The minimum absolute atomic E-state index is 0.0667. The van der Waals surface area contributed by atoms with Gasteiger partial charge in [-0.25, -0.2) is 4.98 Å². The van der Waals surface area contributed by atoms with Gasteiger partial charge in [0.1, 0.15) is 0 Å². The highest BCUT2D eigenvalue weighted by Crippen LogP contribution is 2.35. The molecule has 22 heavy (non-hydrogen) atoms. The molecule has 0 spiro atoms. The highest BCUT2D eigenvalue weighted by atomic mass is 35.5. The average molecular weight is 335 g/mol. The third-order valence-electron chi connectivity index (χ3n) is 4.00. The van der Waals surface area contributed by atoms with Gasteiger partial charge in [0, 0.05) is 16.4 Å². The summed E-state index contributed by atoms with van der Waals surface area (Å²) in [5.41, 5.74) is 2.00. The molecule has 3 rings (SSSR count). The Hall–Kier alpha value is -1.39. The number of rotatable bonds is 5. The number of halogens is 1. The summed E-state index contributed by atoms with van der Waals surface area (Å²) in [5.74, 6) is 0.162. The van der Waals surface area contributed by atoms with Crippen molar-refractivity contribution in [1.29, 1.82) is 0 Å². The van der Waals surface area contributed by atoms with Crippen molar-refractivity contribution in [3.63, 3.8) is 0 Å². The van der Waals surface area contributed by atoms with E-state index >= 15 is 0 Å². The van der Waals surface area contributed by atoms with Gasteiger partial charge in [-0.1, -0.05) is 23.7 Å². The Balaban J connectivity index is 1.77. The summed E-state index contributed by atoms with van der Waals surface area (Å²) >= 11 is 7.55. The van der Waals surface area contributed by atoms with Gasteiger partial charge < -0.3 is 4.90 Å². The molecule has 1 heterocycles. The van der Waals surface area contributed by atoms with E-state index in [1.54, 1.807) is 11.3 Å². The molecule has 1 saturated carbocycles. The monoisotopic (exact) mass is 334 g/mol. The van der Waals surface area contributed by atoms with Gasteiger partial charge in [0.25, 0.3) is 0 Å². The minimum atomic E-state index is 0.0667. The van der Waals surface area contributed by atoms with Gasteiger partial charge in [0.05, 0.1) is 23.2 Å². The smallest absolute Gasteiger partial charge is 0.229 e. The number of hydrogen-bond donors (Lipinski definition) is 0. The standard InChI is InChI=1S/C17H19ClN2OS/c1-11(13-3-5-14(18)6-4-13)20(16-7-8-16)17(21)9-15-10-22-12(2)19-15/h3-6,10-11,16H,7-9H2,1-2H3. The van der Waals surface area contributed by atoms with Crippen LogP contribution in [0.2, 0.25) is 5.02 Å². The topological polar surface area (TPSA) is 33.2 Å². The molecule has 1 aliphatic carbocycles. The van der Waals surface area contributed by atoms with Crippen LogP contribution in [-0.4, -0.2) is 21.8 Å². The molecule has 0 bridgehead atoms. The van der Waals surface area contributed by atoms with Gasteiger partial charge in [0.2, 0.25) is 5.91 Å². The zero-order chi connectivity index (χ0) is 15.7. The van der Waals surface area contributed by atoms with Crippen LogP contribution in [0.15, 0.2) is 29.6 Å². The predicted octanol–water partition coefficient (Wildman–Crippen LogP) is 4.40. The van der Waals surface area contributed by atoms with Crippen LogP contribution < -0.4 is 0 Å². The molecule has 5 heteroatoms. The normalized spacial score (nSPS) is 15.6. The summed E-state index contributed by atoms with van der Waals surface area (Å²) in [6, 6.07) is 8.21. The number of hydrogen-bond acceptors (Lipinski definition) is 3. The van der Waals surface area contributed by atoms with Crippen LogP contribution in [-0.2, 0) is 11.2 Å². The number of amides is 1. The van der Waals surface area contributed by atoms with Crippen molar-refractivity contribution in [3.05, 3.63) is 50.9 Å². The second kappa shape index (κ2) is 6.39. The predicted molar refractivity (Wildman–Crippen MR) is 90.3 cm³/mol. The summed E-state index contributed by atoms with van der Waals surface area (Å²) < 4.78 is 0. The fraction of sp³-hybridized carbons (Fsp3) is 0.412. The lowest BCUT2D eigenvalue weighted by Crippen LogP contribution is -2.36. The second-order valence-corrected chi connectivity index (χ2v) is 7.29. The van der Waals surface area contributed by atoms with Crippen LogP contribution in [0, 0.1) is 6.92 Å². The summed E-state index contributed by atoms with van der Waals surface area (Å²) in [6.45, 7) is 4.05. The van der Waals surface area contributed by atoms with E-state index in [4.69, 9.17) is 11.6 Å². The maximum Gasteiger partial charge on any atom is 0.229 e. The van der Waals surface area contributed by atoms with E-state index in [-0.39, 0.29) is 11.9 Å². The van der Waals surface area contributed by atoms with Gasteiger partial charge in [-0.2, -0.15) is 0 Å². The second-order valence-electron chi connectivity index (χ2n) is 5.79. The van der Waals surface area contributed by atoms with Crippen molar-refractivity contribution in [3.8, 4) is 0 Å². The molecule has 1 aliphatic rings. The first-order chi connectivity index (χ1) is 10.5. The van der Waals surface area contributed by atoms with E-state index in [0.29, 0.717) is 12.5 Å². The fourth-order valence-electron chi connectivity index (χ4n) is 2.73. The average Bonchev–Trinajstić information content (AvgIpc) is 3.22. The third kappa shape index (κ3) is 3.50. The maximum absolute atomic E-state index is 12.7. The number of benzene rings is 1. The molecule has 3 nitrogen and oxygen atoms in total. The lowest BCUT2D eigenvalue weighted by atomic mass is 10.1. The Bertz CT molecular complexity index is 664. The summed E-state index contributed by atoms with van der Waals surface area (Å²) in [4.78, 5) is 19.2. The Labute approximate surface area is 139 Å². The third-order valence-corrected chi connectivity index (χ3v) is 5.07. The van der Waals surface area contributed by atoms with Gasteiger partial charge >= 0.3 is 0 Å². The number of aryl methyl sites for hydroxylation is 1. The van der Waals surface area contributed by atoms with E-state index < -0.39 is 0 Å². The summed E-state index contributed by atoms with van der Waals surface area (Å²) in [7, 11) is 0. The molecule has 1 aromatic carbocycles. The van der Waals surface area contributed by atoms with Crippen molar-refractivity contribution in [1.82, 2.24) is 9.88 Å². The number of thiazole rings is 1. The van der Waals surface area contributed by atoms with Crippen molar-refractivity contribution >= 4 is 28.8 Å². The molecule has 1 atom stereocenters. The first kappa shape index (κ1) is 15.5. The lowest BCUT2D eigenvalue weighted by molar-refractivity contribution is -0.133. The van der Waals surface area contributed by atoms with Gasteiger partial charge in [-0.05, 0) is 44.4 Å². The zero-order valence-corrected chi connectivity index (χ0v) is 14.3. The number of carbonyl (C=O) groups is 1. The molecule has 1 aromatic heterocycles. The molecule has 2 aromatic rings. The maximum atomic E-state index is 12.7. The Kier molecular flexibility index (Phi) is 4.50. The first-order valence-corrected chi connectivity index (χ1v) is 8.78. The van der Waals surface area contributed by atoms with Crippen LogP contribution in [0.1, 0.15) is 42.1 Å². The quantitative estimate of drug-likeness (QED) is 0.812. The van der Waals surface area contributed by atoms with Crippen LogP contribution in [0.4, 0.5) is 0 Å². The number of carbonyl (C=O) groups excluding carboxylic acids is 1. The molecule has 1 unspecified atom stereocenters. The Morgan fingerprint density at radius 3 is 2.64 bits per heavy atom. The summed E-state index contributed by atoms with van der Waals surface area (Å²) in [6.07, 6.45) is 2.58. The minimum Gasteiger partial charge on any atom is -0.333 e. The van der Waals surface area contributed by atoms with Gasteiger partial charge in [0.15, 0.2) is 0 Å². The first-order valence-electron chi connectivity index (χ1n) is 7.52. The molecule has 0 radical (unpaired) electrons. The molecule has 0 saturated heterocycles. The van der Waals surface area contributed by atoms with Crippen molar-refractivity contribution in [2.75, 3.05) is 0 Å². The fourth-order valence-corrected chi connectivity index (χ4v) is 3.46. The lowest BCUT2D eigenvalue weighted by Gasteiger charge is -2.29. The number of nitrogens with zero attached hydrogens (tertiary/aromatic N) is 2. The van der Waals surface area contributed by atoms with Crippen molar-refractivity contribution < 1.29 is 4.79 Å². The van der Waals surface area contributed by atoms with E-state index in [2.05, 4.69) is 11.9 Å². The zero-order valence-electron chi connectivity index (χ0n) is 12.8. The Morgan fingerprint density at radius 2 is 2.09 bits per heavy atom. The van der Waals surface area contributed by atoms with Crippen LogP contribution in [0.5, 0.6) is 0 Å². The molecular formula is C17H19ClN2OS. The van der Waals surface area contributed by atoms with Crippen LogP contribution in [0.25, 0.3) is 0 Å². The molecule has 1 amide bonds. The molecule has 116 valence electrons. The van der Waals surface area contributed by atoms with Crippen LogP contribution >= 0.6 is 22.9 Å². The molecule has 0 N–H and O–H groups in total. The number of aromatic nitrogens is 1. The van der Waals surface area contributed by atoms with Gasteiger partial charge in [-0.15, -0.1) is 11.3 Å². The van der Waals surface area contributed by atoms with Gasteiger partial charge in [-0.3, -0.25) is 4.79 Å². The molecular weight excluding hydrogens is 316 g/mol. The largest absolute Gasteiger partial charge is 0.333 e. The highest BCUT2D eigenvalue weighted by Gasteiger charge is 2.36. The Morgan fingerprint density at radius 1 is 1.41 bits per heavy atom. The van der Waals surface area contributed by atoms with Crippen molar-refractivity contribution in [2.24, 2.45) is 0 Å². The molecule has 1 fully saturated rings.